The van der Waals surface area contributed by atoms with E-state index in [9.17, 15) is 4.79 Å². The summed E-state index contributed by atoms with van der Waals surface area (Å²) in [7, 11) is 0. The molecular formula is C18H21N3O. The van der Waals surface area contributed by atoms with Gasteiger partial charge in [0.1, 0.15) is 5.69 Å². The summed E-state index contributed by atoms with van der Waals surface area (Å²) in [5.41, 5.74) is 1.78. The van der Waals surface area contributed by atoms with Crippen LogP contribution in [0, 0.1) is 0 Å². The number of benzene rings is 1. The molecule has 1 fully saturated rings. The van der Waals surface area contributed by atoms with Gasteiger partial charge >= 0.3 is 0 Å². The highest BCUT2D eigenvalue weighted by molar-refractivity contribution is 5.92. The Labute approximate surface area is 131 Å². The van der Waals surface area contributed by atoms with E-state index >= 15 is 0 Å². The lowest BCUT2D eigenvalue weighted by Gasteiger charge is -2.39. The molecule has 1 aliphatic rings. The van der Waals surface area contributed by atoms with Crippen LogP contribution in [0.3, 0.4) is 0 Å². The first kappa shape index (κ1) is 14.7. The van der Waals surface area contributed by atoms with Crippen LogP contribution < -0.4 is 5.32 Å². The van der Waals surface area contributed by atoms with Gasteiger partial charge in [-0.3, -0.25) is 9.78 Å². The summed E-state index contributed by atoms with van der Waals surface area (Å²) in [6, 6.07) is 16.3. The van der Waals surface area contributed by atoms with E-state index in [1.54, 1.807) is 12.3 Å². The van der Waals surface area contributed by atoms with E-state index in [4.69, 9.17) is 0 Å². The maximum atomic E-state index is 12.8. The number of amides is 1. The average molecular weight is 295 g/mol. The van der Waals surface area contributed by atoms with Crippen molar-refractivity contribution in [2.45, 2.75) is 25.4 Å². The second-order valence-corrected chi connectivity index (χ2v) is 5.83. The molecule has 2 unspecified atom stereocenters. The molecule has 114 valence electrons. The van der Waals surface area contributed by atoms with Crippen LogP contribution in [0.5, 0.6) is 0 Å². The molecule has 0 aliphatic carbocycles. The van der Waals surface area contributed by atoms with Crippen LogP contribution >= 0.6 is 0 Å². The lowest BCUT2D eigenvalue weighted by Crippen LogP contribution is -2.58. The van der Waals surface area contributed by atoms with Gasteiger partial charge in [0.15, 0.2) is 0 Å². The summed E-state index contributed by atoms with van der Waals surface area (Å²) in [4.78, 5) is 19.0. The molecule has 1 amide bonds. The van der Waals surface area contributed by atoms with Crippen LogP contribution in [0.4, 0.5) is 0 Å². The minimum atomic E-state index is 0.0230. The fourth-order valence-corrected chi connectivity index (χ4v) is 2.91. The van der Waals surface area contributed by atoms with Crippen molar-refractivity contribution in [2.75, 3.05) is 13.1 Å². The van der Waals surface area contributed by atoms with Crippen molar-refractivity contribution in [3.8, 4) is 0 Å². The molecule has 0 bridgehead atoms. The molecule has 4 nitrogen and oxygen atoms in total. The Balaban J connectivity index is 1.80. The first-order valence-electron chi connectivity index (χ1n) is 7.73. The molecule has 0 saturated carbocycles. The van der Waals surface area contributed by atoms with Crippen molar-refractivity contribution in [1.29, 1.82) is 0 Å². The average Bonchev–Trinajstić information content (AvgIpc) is 2.57. The molecule has 0 radical (unpaired) electrons. The number of nitrogens with zero attached hydrogens (tertiary/aromatic N) is 2. The number of hydrogen-bond donors (Lipinski definition) is 1. The molecule has 2 atom stereocenters. The number of rotatable bonds is 3. The Hall–Kier alpha value is -2.20. The van der Waals surface area contributed by atoms with Crippen molar-refractivity contribution in [3.05, 3.63) is 66.0 Å². The second-order valence-electron chi connectivity index (χ2n) is 5.83. The fourth-order valence-electron chi connectivity index (χ4n) is 2.91. The Kier molecular flexibility index (Phi) is 4.49. The van der Waals surface area contributed by atoms with Crippen LogP contribution in [0.15, 0.2) is 54.7 Å². The van der Waals surface area contributed by atoms with Gasteiger partial charge in [0.05, 0.1) is 0 Å². The quantitative estimate of drug-likeness (QED) is 0.943. The molecule has 1 aliphatic heterocycles. The van der Waals surface area contributed by atoms with Gasteiger partial charge in [-0.15, -0.1) is 0 Å². The van der Waals surface area contributed by atoms with Crippen LogP contribution in [0.25, 0.3) is 0 Å². The maximum Gasteiger partial charge on any atom is 0.272 e. The van der Waals surface area contributed by atoms with Crippen LogP contribution in [-0.2, 0) is 6.42 Å². The zero-order valence-corrected chi connectivity index (χ0v) is 12.8. The number of hydrogen-bond acceptors (Lipinski definition) is 3. The molecule has 1 N–H and O–H groups in total. The lowest BCUT2D eigenvalue weighted by molar-refractivity contribution is 0.0587. The molecule has 2 aromatic rings. The third-order valence-corrected chi connectivity index (χ3v) is 4.07. The summed E-state index contributed by atoms with van der Waals surface area (Å²) >= 11 is 0. The minimum Gasteiger partial charge on any atom is -0.331 e. The molecule has 2 heterocycles. The summed E-state index contributed by atoms with van der Waals surface area (Å²) < 4.78 is 0. The Morgan fingerprint density at radius 2 is 2.00 bits per heavy atom. The van der Waals surface area contributed by atoms with Gasteiger partial charge in [0, 0.05) is 31.4 Å². The van der Waals surface area contributed by atoms with E-state index in [2.05, 4.69) is 29.4 Å². The number of carbonyl (C=O) groups excluding carboxylic acids is 1. The van der Waals surface area contributed by atoms with Gasteiger partial charge in [-0.25, -0.2) is 0 Å². The molecule has 1 aromatic carbocycles. The van der Waals surface area contributed by atoms with E-state index in [1.807, 2.05) is 35.2 Å². The summed E-state index contributed by atoms with van der Waals surface area (Å²) in [5, 5.41) is 3.47. The van der Waals surface area contributed by atoms with E-state index in [1.165, 1.54) is 5.56 Å². The van der Waals surface area contributed by atoms with Gasteiger partial charge in [-0.2, -0.15) is 0 Å². The van der Waals surface area contributed by atoms with Gasteiger partial charge in [0.2, 0.25) is 0 Å². The number of piperazine rings is 1. The van der Waals surface area contributed by atoms with E-state index < -0.39 is 0 Å². The topological polar surface area (TPSA) is 45.2 Å². The molecule has 4 heteroatoms. The van der Waals surface area contributed by atoms with Gasteiger partial charge < -0.3 is 10.2 Å². The maximum absolute atomic E-state index is 12.8. The number of nitrogens with one attached hydrogen (secondary N) is 1. The molecule has 1 aromatic heterocycles. The fraction of sp³-hybridized carbons (Fsp3) is 0.333. The predicted molar refractivity (Wildman–Crippen MR) is 86.7 cm³/mol. The van der Waals surface area contributed by atoms with Crippen LogP contribution in [-0.4, -0.2) is 41.0 Å². The lowest BCUT2D eigenvalue weighted by atomic mass is 10.0. The smallest absolute Gasteiger partial charge is 0.272 e. The molecule has 3 rings (SSSR count). The first-order chi connectivity index (χ1) is 10.7. The monoisotopic (exact) mass is 295 g/mol. The largest absolute Gasteiger partial charge is 0.331 e. The highest BCUT2D eigenvalue weighted by Gasteiger charge is 2.30. The zero-order chi connectivity index (χ0) is 15.4. The van der Waals surface area contributed by atoms with Gasteiger partial charge in [-0.1, -0.05) is 36.4 Å². The van der Waals surface area contributed by atoms with E-state index in [0.29, 0.717) is 18.3 Å². The Morgan fingerprint density at radius 1 is 1.23 bits per heavy atom. The van der Waals surface area contributed by atoms with Crippen LogP contribution in [0.1, 0.15) is 23.0 Å². The molecule has 0 spiro atoms. The standard InChI is InChI=1S/C18H21N3O/c1-14-13-21(18(22)17-9-5-6-10-19-17)16(12-20-14)11-15-7-3-2-4-8-15/h2-10,14,16,20H,11-13H2,1H3. The molecular weight excluding hydrogens is 274 g/mol. The highest BCUT2D eigenvalue weighted by atomic mass is 16.2. The van der Waals surface area contributed by atoms with Crippen molar-refractivity contribution >= 4 is 5.91 Å². The van der Waals surface area contributed by atoms with E-state index in [0.717, 1.165) is 13.0 Å². The summed E-state index contributed by atoms with van der Waals surface area (Å²) in [6.45, 7) is 3.64. The van der Waals surface area contributed by atoms with Gasteiger partial charge in [-0.05, 0) is 31.0 Å². The third kappa shape index (κ3) is 3.34. The van der Waals surface area contributed by atoms with Crippen molar-refractivity contribution in [2.24, 2.45) is 0 Å². The Morgan fingerprint density at radius 3 is 2.73 bits per heavy atom. The van der Waals surface area contributed by atoms with Crippen LogP contribution in [0.2, 0.25) is 0 Å². The highest BCUT2D eigenvalue weighted by Crippen LogP contribution is 2.16. The summed E-state index contributed by atoms with van der Waals surface area (Å²) in [6.07, 6.45) is 2.53. The third-order valence-electron chi connectivity index (χ3n) is 4.07. The first-order valence-corrected chi connectivity index (χ1v) is 7.73. The van der Waals surface area contributed by atoms with Gasteiger partial charge in [0.25, 0.3) is 5.91 Å². The van der Waals surface area contributed by atoms with Crippen molar-refractivity contribution in [1.82, 2.24) is 15.2 Å². The number of aromatic nitrogens is 1. The molecule has 1 saturated heterocycles. The Bertz CT molecular complexity index is 615. The second kappa shape index (κ2) is 6.71. The minimum absolute atomic E-state index is 0.0230. The van der Waals surface area contributed by atoms with E-state index in [-0.39, 0.29) is 11.9 Å². The van der Waals surface area contributed by atoms with Crippen molar-refractivity contribution in [3.63, 3.8) is 0 Å². The predicted octanol–water partition coefficient (Wildman–Crippen LogP) is 2.13. The van der Waals surface area contributed by atoms with Crippen molar-refractivity contribution < 1.29 is 4.79 Å². The number of pyridine rings is 1. The summed E-state index contributed by atoms with van der Waals surface area (Å²) in [5.74, 6) is 0.0230. The normalized spacial score (nSPS) is 21.6. The number of carbonyl (C=O) groups is 1. The zero-order valence-electron chi connectivity index (χ0n) is 12.8. The molecule has 22 heavy (non-hydrogen) atoms. The SMILES string of the molecule is CC1CN(C(=O)c2ccccn2)C(Cc2ccccc2)CN1.